The molecule has 0 aromatic rings. The second kappa shape index (κ2) is 28.3. The predicted octanol–water partition coefficient (Wildman–Crippen LogP) is -1.18. The largest absolute Gasteiger partial charge is 0.478 e. The second-order valence-electron chi connectivity index (χ2n) is 4.61. The number of hydrogen-bond acceptors (Lipinski definition) is 10. The molecule has 0 aromatic heterocycles. The lowest BCUT2D eigenvalue weighted by atomic mass is 10.4. The summed E-state index contributed by atoms with van der Waals surface area (Å²) in [6.45, 7) is 8.19. The smallest absolute Gasteiger partial charge is 0.330 e. The van der Waals surface area contributed by atoms with Gasteiger partial charge in [-0.1, -0.05) is 13.2 Å². The Morgan fingerprint density at radius 3 is 1.34 bits per heavy atom. The fourth-order valence-corrected chi connectivity index (χ4v) is 0.633. The van der Waals surface area contributed by atoms with Gasteiger partial charge in [0.05, 0.1) is 39.6 Å². The van der Waals surface area contributed by atoms with Crippen LogP contribution in [-0.2, 0) is 28.5 Å². The number of rotatable bonds is 12. The van der Waals surface area contributed by atoms with Gasteiger partial charge in [0.2, 0.25) is 0 Å². The Morgan fingerprint density at radius 1 is 0.931 bits per heavy atom. The van der Waals surface area contributed by atoms with E-state index in [1.165, 1.54) is 21.1 Å². The summed E-state index contributed by atoms with van der Waals surface area (Å²) >= 11 is 0. The molecule has 0 radical (unpaired) electrons. The molecule has 2 atom stereocenters. The SMILES string of the molecule is C=C(C)C(=O)O.C=CC(=O)O.COC(O)COCCO.COC(O)COCCO. The van der Waals surface area contributed by atoms with Crippen molar-refractivity contribution in [3.8, 4) is 0 Å². The Balaban J connectivity index is -0.000000148. The lowest BCUT2D eigenvalue weighted by molar-refractivity contribution is -0.133. The summed E-state index contributed by atoms with van der Waals surface area (Å²) < 4.78 is 18.3. The molecule has 2 unspecified atom stereocenters. The van der Waals surface area contributed by atoms with E-state index in [9.17, 15) is 9.59 Å². The van der Waals surface area contributed by atoms with Crippen molar-refractivity contribution < 1.29 is 59.2 Å². The van der Waals surface area contributed by atoms with Crippen LogP contribution in [0.4, 0.5) is 0 Å². The molecule has 29 heavy (non-hydrogen) atoms. The van der Waals surface area contributed by atoms with Crippen molar-refractivity contribution >= 4 is 11.9 Å². The molecule has 12 nitrogen and oxygen atoms in total. The molecule has 0 aliphatic rings. The molecule has 0 aliphatic carbocycles. The maximum absolute atomic E-state index is 9.60. The number of carboxylic acids is 2. The molecule has 0 saturated carbocycles. The molecular weight excluding hydrogens is 396 g/mol. The van der Waals surface area contributed by atoms with Crippen LogP contribution in [0.1, 0.15) is 6.92 Å². The van der Waals surface area contributed by atoms with Crippen molar-refractivity contribution in [3.05, 3.63) is 24.8 Å². The summed E-state index contributed by atoms with van der Waals surface area (Å²) in [5.74, 6) is -1.92. The Labute approximate surface area is 170 Å². The maximum atomic E-state index is 9.60. The van der Waals surface area contributed by atoms with E-state index in [0.717, 1.165) is 6.08 Å². The molecule has 12 heteroatoms. The van der Waals surface area contributed by atoms with E-state index < -0.39 is 24.5 Å². The van der Waals surface area contributed by atoms with Crippen molar-refractivity contribution in [1.82, 2.24) is 0 Å². The Morgan fingerprint density at radius 2 is 1.21 bits per heavy atom. The van der Waals surface area contributed by atoms with Crippen LogP contribution in [-0.4, -0.2) is 109 Å². The molecule has 0 rings (SSSR count). The van der Waals surface area contributed by atoms with E-state index in [4.69, 9.17) is 40.1 Å². The van der Waals surface area contributed by atoms with Gasteiger partial charge < -0.3 is 49.6 Å². The van der Waals surface area contributed by atoms with Gasteiger partial charge in [0.25, 0.3) is 0 Å². The third-order valence-corrected chi connectivity index (χ3v) is 2.08. The molecule has 0 heterocycles. The number of methoxy groups -OCH3 is 2. The van der Waals surface area contributed by atoms with Crippen LogP contribution >= 0.6 is 0 Å². The van der Waals surface area contributed by atoms with E-state index in [0.29, 0.717) is 0 Å². The molecule has 0 aromatic carbocycles. The van der Waals surface area contributed by atoms with Crippen LogP contribution in [0, 0.1) is 0 Å². The monoisotopic (exact) mass is 430 g/mol. The minimum atomic E-state index is -0.981. The number of carbonyl (C=O) groups is 2. The average molecular weight is 430 g/mol. The third kappa shape index (κ3) is 46.3. The summed E-state index contributed by atoms with van der Waals surface area (Å²) in [7, 11) is 2.76. The number of carboxylic acid groups (broad SMARTS) is 2. The normalized spacial score (nSPS) is 11.1. The van der Waals surface area contributed by atoms with Gasteiger partial charge in [-0.2, -0.15) is 0 Å². The summed E-state index contributed by atoms with van der Waals surface area (Å²) in [4.78, 5) is 18.8. The van der Waals surface area contributed by atoms with Crippen LogP contribution in [0.2, 0.25) is 0 Å². The van der Waals surface area contributed by atoms with Crippen LogP contribution in [0.3, 0.4) is 0 Å². The van der Waals surface area contributed by atoms with Crippen molar-refractivity contribution in [2.24, 2.45) is 0 Å². The average Bonchev–Trinajstić information content (AvgIpc) is 2.69. The van der Waals surface area contributed by atoms with Crippen molar-refractivity contribution in [1.29, 1.82) is 0 Å². The predicted molar refractivity (Wildman–Crippen MR) is 102 cm³/mol. The molecule has 0 saturated heterocycles. The Bertz CT molecular complexity index is 372. The molecule has 174 valence electrons. The van der Waals surface area contributed by atoms with Gasteiger partial charge in [-0.15, -0.1) is 0 Å². The first-order valence-electron chi connectivity index (χ1n) is 8.06. The number of aliphatic carboxylic acids is 2. The van der Waals surface area contributed by atoms with Gasteiger partial charge in [-0.05, 0) is 6.92 Å². The van der Waals surface area contributed by atoms with Gasteiger partial charge in [-0.25, -0.2) is 9.59 Å². The summed E-state index contributed by atoms with van der Waals surface area (Å²) in [5.41, 5.74) is 0.176. The topological polar surface area (TPSA) is 192 Å². The van der Waals surface area contributed by atoms with Gasteiger partial charge in [0.15, 0.2) is 12.6 Å². The van der Waals surface area contributed by atoms with Crippen molar-refractivity contribution in [2.45, 2.75) is 19.5 Å². The van der Waals surface area contributed by atoms with Crippen LogP contribution in [0.25, 0.3) is 0 Å². The Kier molecular flexibility index (Phi) is 33.8. The third-order valence-electron chi connectivity index (χ3n) is 2.08. The van der Waals surface area contributed by atoms with Gasteiger partial charge in [0.1, 0.15) is 0 Å². The maximum Gasteiger partial charge on any atom is 0.330 e. The number of hydrogen-bond donors (Lipinski definition) is 6. The van der Waals surface area contributed by atoms with Crippen LogP contribution in [0.15, 0.2) is 24.8 Å². The first-order chi connectivity index (χ1) is 13.5. The highest BCUT2D eigenvalue weighted by molar-refractivity contribution is 5.84. The fourth-order valence-electron chi connectivity index (χ4n) is 0.633. The molecule has 0 fully saturated rings. The van der Waals surface area contributed by atoms with E-state index in [-0.39, 0.29) is 45.2 Å². The highest BCUT2D eigenvalue weighted by Gasteiger charge is 1.99. The highest BCUT2D eigenvalue weighted by atomic mass is 16.6. The number of aliphatic hydroxyl groups is 4. The van der Waals surface area contributed by atoms with Crippen molar-refractivity contribution in [3.63, 3.8) is 0 Å². The summed E-state index contributed by atoms with van der Waals surface area (Å²) in [6.07, 6.45) is -0.923. The molecule has 0 aliphatic heterocycles. The van der Waals surface area contributed by atoms with E-state index >= 15 is 0 Å². The molecule has 0 bridgehead atoms. The lowest BCUT2D eigenvalue weighted by Crippen LogP contribution is -2.18. The zero-order chi connectivity index (χ0) is 23.7. The van der Waals surface area contributed by atoms with Gasteiger partial charge >= 0.3 is 11.9 Å². The first-order valence-corrected chi connectivity index (χ1v) is 8.06. The Hall–Kier alpha value is -1.90. The quantitative estimate of drug-likeness (QED) is 0.124. The highest BCUT2D eigenvalue weighted by Crippen LogP contribution is 1.84. The molecule has 0 spiro atoms. The first kappa shape index (κ1) is 34.6. The standard InChI is InChI=1S/2C5H12O4.C4H6O2.C3H4O2/c2*1-8-5(7)4-9-3-2-6;1-3(2)4(5)6;1-2-3(4)5/h2*5-7H,2-4H2,1H3;1H2,2H3,(H,5,6);2H,1H2,(H,4,5). The summed E-state index contributed by atoms with van der Waals surface area (Å²) in [5, 5.41) is 49.2. The minimum absolute atomic E-state index is 0.0313. The van der Waals surface area contributed by atoms with Crippen molar-refractivity contribution in [2.75, 3.05) is 53.9 Å². The zero-order valence-electron chi connectivity index (χ0n) is 17.0. The minimum Gasteiger partial charge on any atom is -0.478 e. The van der Waals surface area contributed by atoms with E-state index in [2.05, 4.69) is 22.6 Å². The molecular formula is C17H34O12. The molecule has 0 amide bonds. The van der Waals surface area contributed by atoms with Crippen LogP contribution < -0.4 is 0 Å². The second-order valence-corrected chi connectivity index (χ2v) is 4.61. The van der Waals surface area contributed by atoms with Gasteiger partial charge in [0, 0.05) is 25.9 Å². The fraction of sp³-hybridized carbons (Fsp3) is 0.647. The zero-order valence-corrected chi connectivity index (χ0v) is 17.0. The van der Waals surface area contributed by atoms with E-state index in [1.807, 2.05) is 0 Å². The number of ether oxygens (including phenoxy) is 4. The molecule has 6 N–H and O–H groups in total. The van der Waals surface area contributed by atoms with Gasteiger partial charge in [-0.3, -0.25) is 0 Å². The van der Waals surface area contributed by atoms with Crippen LogP contribution in [0.5, 0.6) is 0 Å². The lowest BCUT2D eigenvalue weighted by Gasteiger charge is -2.06. The summed E-state index contributed by atoms with van der Waals surface area (Å²) in [6, 6.07) is 0. The number of aliphatic hydroxyl groups excluding tert-OH is 4. The van der Waals surface area contributed by atoms with E-state index in [1.54, 1.807) is 0 Å².